The van der Waals surface area contributed by atoms with Crippen molar-refractivity contribution >= 4 is 22.4 Å². The van der Waals surface area contributed by atoms with E-state index in [1.54, 1.807) is 56.8 Å². The molecule has 7 heteroatoms. The highest BCUT2D eigenvalue weighted by molar-refractivity contribution is 6.11. The Labute approximate surface area is 179 Å². The van der Waals surface area contributed by atoms with Gasteiger partial charge in [-0.2, -0.15) is 5.26 Å². The van der Waals surface area contributed by atoms with E-state index in [-0.39, 0.29) is 11.5 Å². The minimum atomic E-state index is -0.829. The predicted octanol–water partition coefficient (Wildman–Crippen LogP) is 4.49. The molecule has 0 spiro atoms. The van der Waals surface area contributed by atoms with Crippen LogP contribution in [0.1, 0.15) is 27.8 Å². The first kappa shape index (κ1) is 20.0. The number of benzene rings is 2. The molecule has 0 amide bonds. The first-order valence-electron chi connectivity index (χ1n) is 9.60. The monoisotopic (exact) mass is 412 g/mol. The SMILES string of the molecule is COc1cc(NC(C(=O)c2c[nH]c3ccccc23)c2cccc(C#N)n2)cc(OC)c1. The van der Waals surface area contributed by atoms with Gasteiger partial charge in [0.1, 0.15) is 29.3 Å². The zero-order chi connectivity index (χ0) is 21.8. The van der Waals surface area contributed by atoms with Crippen LogP contribution < -0.4 is 14.8 Å². The van der Waals surface area contributed by atoms with Crippen LogP contribution in [0.25, 0.3) is 10.9 Å². The van der Waals surface area contributed by atoms with Gasteiger partial charge >= 0.3 is 0 Å². The lowest BCUT2D eigenvalue weighted by atomic mass is 9.99. The molecule has 7 nitrogen and oxygen atoms in total. The van der Waals surface area contributed by atoms with E-state index in [1.807, 2.05) is 30.3 Å². The number of nitrogens with one attached hydrogen (secondary N) is 2. The van der Waals surface area contributed by atoms with Crippen LogP contribution in [0.5, 0.6) is 11.5 Å². The summed E-state index contributed by atoms with van der Waals surface area (Å²) in [7, 11) is 3.12. The van der Waals surface area contributed by atoms with Gasteiger partial charge < -0.3 is 19.8 Å². The number of fused-ring (bicyclic) bond motifs is 1. The van der Waals surface area contributed by atoms with E-state index < -0.39 is 6.04 Å². The normalized spacial score (nSPS) is 11.5. The molecule has 2 aromatic heterocycles. The maximum absolute atomic E-state index is 13.7. The number of hydrogen-bond donors (Lipinski definition) is 2. The topological polar surface area (TPSA) is 100 Å². The number of rotatable bonds is 7. The van der Waals surface area contributed by atoms with Crippen molar-refractivity contribution in [3.05, 3.63) is 83.8 Å². The highest BCUT2D eigenvalue weighted by Crippen LogP contribution is 2.31. The molecule has 2 heterocycles. The molecule has 2 aromatic carbocycles. The molecule has 0 saturated carbocycles. The smallest absolute Gasteiger partial charge is 0.193 e. The lowest BCUT2D eigenvalue weighted by molar-refractivity contribution is 0.0969. The number of ketones is 1. The van der Waals surface area contributed by atoms with Crippen molar-refractivity contribution in [1.82, 2.24) is 9.97 Å². The second-order valence-corrected chi connectivity index (χ2v) is 6.85. The summed E-state index contributed by atoms with van der Waals surface area (Å²) in [6, 6.07) is 19.1. The van der Waals surface area contributed by atoms with Crippen molar-refractivity contribution in [2.75, 3.05) is 19.5 Å². The summed E-state index contributed by atoms with van der Waals surface area (Å²) in [4.78, 5) is 21.2. The number of carbonyl (C=O) groups excluding carboxylic acids is 1. The Kier molecular flexibility index (Phi) is 5.54. The number of pyridine rings is 1. The van der Waals surface area contributed by atoms with E-state index in [4.69, 9.17) is 9.47 Å². The fourth-order valence-electron chi connectivity index (χ4n) is 3.44. The van der Waals surface area contributed by atoms with E-state index in [0.29, 0.717) is 28.4 Å². The number of Topliss-reactive ketones (excluding diaryl/α,β-unsaturated/α-hetero) is 1. The number of carbonyl (C=O) groups is 1. The zero-order valence-corrected chi connectivity index (χ0v) is 17.0. The molecular formula is C24H20N4O3. The van der Waals surface area contributed by atoms with Gasteiger partial charge in [-0.05, 0) is 18.2 Å². The second kappa shape index (κ2) is 8.59. The van der Waals surface area contributed by atoms with Gasteiger partial charge in [0.05, 0.1) is 19.9 Å². The Morgan fingerprint density at radius 2 is 1.81 bits per heavy atom. The van der Waals surface area contributed by atoms with Gasteiger partial charge in [-0.15, -0.1) is 0 Å². The van der Waals surface area contributed by atoms with Gasteiger partial charge in [-0.1, -0.05) is 24.3 Å². The molecule has 0 fully saturated rings. The number of methoxy groups -OCH3 is 2. The van der Waals surface area contributed by atoms with Crippen molar-refractivity contribution in [1.29, 1.82) is 5.26 Å². The van der Waals surface area contributed by atoms with Gasteiger partial charge in [0.15, 0.2) is 5.78 Å². The maximum atomic E-state index is 13.7. The number of nitrogens with zero attached hydrogens (tertiary/aromatic N) is 2. The molecule has 1 unspecified atom stereocenters. The summed E-state index contributed by atoms with van der Waals surface area (Å²) in [5.41, 5.74) is 2.70. The lowest BCUT2D eigenvalue weighted by Crippen LogP contribution is -2.22. The molecule has 0 radical (unpaired) electrons. The van der Waals surface area contributed by atoms with E-state index in [0.717, 1.165) is 10.9 Å². The first-order valence-corrected chi connectivity index (χ1v) is 9.60. The highest BCUT2D eigenvalue weighted by Gasteiger charge is 2.26. The van der Waals surface area contributed by atoms with Crippen LogP contribution in [0.3, 0.4) is 0 Å². The molecule has 2 N–H and O–H groups in total. The number of nitriles is 1. The van der Waals surface area contributed by atoms with Crippen molar-refractivity contribution < 1.29 is 14.3 Å². The number of aromatic amines is 1. The Bertz CT molecular complexity index is 1270. The molecular weight excluding hydrogens is 392 g/mol. The van der Waals surface area contributed by atoms with Gasteiger partial charge in [-0.3, -0.25) is 4.79 Å². The Morgan fingerprint density at radius 1 is 1.06 bits per heavy atom. The van der Waals surface area contributed by atoms with Crippen LogP contribution in [0.2, 0.25) is 0 Å². The maximum Gasteiger partial charge on any atom is 0.193 e. The number of H-pyrrole nitrogens is 1. The van der Waals surface area contributed by atoms with Crippen LogP contribution >= 0.6 is 0 Å². The summed E-state index contributed by atoms with van der Waals surface area (Å²) < 4.78 is 10.7. The van der Waals surface area contributed by atoms with Gasteiger partial charge in [0.2, 0.25) is 0 Å². The molecule has 4 aromatic rings. The number of para-hydroxylation sites is 1. The summed E-state index contributed by atoms with van der Waals surface area (Å²) in [5.74, 6) is 0.986. The number of aromatic nitrogens is 2. The molecule has 0 aliphatic heterocycles. The fourth-order valence-corrected chi connectivity index (χ4v) is 3.44. The van der Waals surface area contributed by atoms with E-state index in [2.05, 4.69) is 15.3 Å². The standard InChI is InChI=1S/C24H20N4O3/c1-30-17-10-16(11-18(12-17)31-2)28-23(22-9-5-6-15(13-25)27-22)24(29)20-14-26-21-8-4-3-7-19(20)21/h3-12,14,23,26,28H,1-2H3. The molecule has 31 heavy (non-hydrogen) atoms. The summed E-state index contributed by atoms with van der Waals surface area (Å²) >= 11 is 0. The summed E-state index contributed by atoms with van der Waals surface area (Å²) in [6.45, 7) is 0. The number of anilines is 1. The molecule has 0 aliphatic rings. The average Bonchev–Trinajstić information content (AvgIpc) is 3.26. The van der Waals surface area contributed by atoms with Gasteiger partial charge in [0, 0.05) is 46.5 Å². The number of ether oxygens (including phenoxy) is 2. The van der Waals surface area contributed by atoms with Crippen LogP contribution in [0, 0.1) is 11.3 Å². The second-order valence-electron chi connectivity index (χ2n) is 6.85. The first-order chi connectivity index (χ1) is 15.1. The average molecular weight is 412 g/mol. The van der Waals surface area contributed by atoms with Crippen molar-refractivity contribution in [3.63, 3.8) is 0 Å². The van der Waals surface area contributed by atoms with E-state index >= 15 is 0 Å². The third-order valence-corrected chi connectivity index (χ3v) is 4.96. The Balaban J connectivity index is 1.80. The largest absolute Gasteiger partial charge is 0.497 e. The third kappa shape index (κ3) is 4.05. The summed E-state index contributed by atoms with van der Waals surface area (Å²) in [5, 5.41) is 13.4. The molecule has 0 aliphatic carbocycles. The Hall–Kier alpha value is -4.31. The minimum absolute atomic E-state index is 0.179. The Morgan fingerprint density at radius 3 is 2.52 bits per heavy atom. The van der Waals surface area contributed by atoms with Crippen LogP contribution in [-0.4, -0.2) is 30.0 Å². The molecule has 4 rings (SSSR count). The fraction of sp³-hybridized carbons (Fsp3) is 0.125. The van der Waals surface area contributed by atoms with Crippen molar-refractivity contribution in [2.45, 2.75) is 6.04 Å². The van der Waals surface area contributed by atoms with E-state index in [1.165, 1.54) is 0 Å². The lowest BCUT2D eigenvalue weighted by Gasteiger charge is -2.19. The van der Waals surface area contributed by atoms with Crippen LogP contribution in [-0.2, 0) is 0 Å². The molecule has 1 atom stereocenters. The van der Waals surface area contributed by atoms with Gasteiger partial charge in [-0.25, -0.2) is 4.98 Å². The van der Waals surface area contributed by atoms with E-state index in [9.17, 15) is 10.1 Å². The molecule has 0 bridgehead atoms. The predicted molar refractivity (Wildman–Crippen MR) is 117 cm³/mol. The number of hydrogen-bond acceptors (Lipinski definition) is 6. The minimum Gasteiger partial charge on any atom is -0.497 e. The van der Waals surface area contributed by atoms with Crippen molar-refractivity contribution in [2.24, 2.45) is 0 Å². The van der Waals surface area contributed by atoms with Crippen LogP contribution in [0.15, 0.2) is 66.9 Å². The zero-order valence-electron chi connectivity index (χ0n) is 17.0. The highest BCUT2D eigenvalue weighted by atomic mass is 16.5. The van der Waals surface area contributed by atoms with Crippen LogP contribution in [0.4, 0.5) is 5.69 Å². The quantitative estimate of drug-likeness (QED) is 0.434. The summed E-state index contributed by atoms with van der Waals surface area (Å²) in [6.07, 6.45) is 1.70. The molecule has 154 valence electrons. The third-order valence-electron chi connectivity index (χ3n) is 4.96. The molecule has 0 saturated heterocycles. The van der Waals surface area contributed by atoms with Crippen molar-refractivity contribution in [3.8, 4) is 17.6 Å². The van der Waals surface area contributed by atoms with Gasteiger partial charge in [0.25, 0.3) is 0 Å².